The van der Waals surface area contributed by atoms with E-state index in [2.05, 4.69) is 35.4 Å². The summed E-state index contributed by atoms with van der Waals surface area (Å²) in [5.41, 5.74) is 7.14. The molecule has 3 N–H and O–H groups in total. The van der Waals surface area contributed by atoms with Crippen LogP contribution >= 0.6 is 0 Å². The molecule has 1 saturated carbocycles. The number of ether oxygens (including phenoxy) is 1. The van der Waals surface area contributed by atoms with Crippen LogP contribution in [0.15, 0.2) is 67.1 Å². The number of anilines is 1. The lowest BCUT2D eigenvalue weighted by molar-refractivity contribution is -0.120. The van der Waals surface area contributed by atoms with Crippen molar-refractivity contribution in [1.82, 2.24) is 35.0 Å². The Morgan fingerprint density at radius 3 is 2.69 bits per heavy atom. The van der Waals surface area contributed by atoms with Crippen molar-refractivity contribution in [2.75, 3.05) is 31.6 Å². The molecule has 8 rings (SSSR count). The van der Waals surface area contributed by atoms with Crippen LogP contribution in [-0.2, 0) is 4.79 Å². The first-order chi connectivity index (χ1) is 23.6. The molecule has 0 atom stereocenters. The Balaban J connectivity index is 1.07. The van der Waals surface area contributed by atoms with Crippen molar-refractivity contribution in [2.24, 2.45) is 5.92 Å². The van der Waals surface area contributed by atoms with E-state index in [1.54, 1.807) is 18.6 Å². The molecule has 0 spiro atoms. The average Bonchev–Trinajstić information content (AvgIpc) is 3.88. The van der Waals surface area contributed by atoms with E-state index in [1.807, 2.05) is 36.4 Å². The Morgan fingerprint density at radius 1 is 0.938 bits per heavy atom. The Morgan fingerprint density at radius 2 is 1.81 bits per heavy atom. The molecule has 1 aliphatic heterocycles. The number of carbonyl (C=O) groups is 1. The van der Waals surface area contributed by atoms with Crippen molar-refractivity contribution in [3.05, 3.63) is 72.9 Å². The lowest BCUT2D eigenvalue weighted by Crippen LogP contribution is -2.25. The molecule has 1 amide bonds. The number of fused-ring (bicyclic) bond motifs is 2. The highest BCUT2D eigenvalue weighted by Gasteiger charge is 2.22. The van der Waals surface area contributed by atoms with E-state index in [1.165, 1.54) is 31.4 Å². The molecule has 6 heterocycles. The molecule has 1 saturated heterocycles. The summed E-state index contributed by atoms with van der Waals surface area (Å²) in [4.78, 5) is 32.7. The van der Waals surface area contributed by atoms with Crippen LogP contribution in [0.5, 0.6) is 5.75 Å². The molecule has 5 aromatic heterocycles. The number of H-pyrrole nitrogens is 2. The van der Waals surface area contributed by atoms with Crippen molar-refractivity contribution in [3.8, 4) is 39.7 Å². The summed E-state index contributed by atoms with van der Waals surface area (Å²) < 4.78 is 20.8. The van der Waals surface area contributed by atoms with Gasteiger partial charge < -0.3 is 15.0 Å². The molecule has 0 radical (unpaired) electrons. The molecule has 6 aromatic rings. The summed E-state index contributed by atoms with van der Waals surface area (Å²) in [5.74, 6) is 0.223. The quantitative estimate of drug-likeness (QED) is 0.150. The van der Waals surface area contributed by atoms with Gasteiger partial charge in [-0.15, -0.1) is 0 Å². The van der Waals surface area contributed by atoms with Gasteiger partial charge >= 0.3 is 0 Å². The number of pyridine rings is 3. The van der Waals surface area contributed by atoms with E-state index in [-0.39, 0.29) is 17.6 Å². The van der Waals surface area contributed by atoms with Crippen LogP contribution in [0.4, 0.5) is 10.1 Å². The number of rotatable bonds is 9. The molecule has 10 nitrogen and oxygen atoms in total. The van der Waals surface area contributed by atoms with E-state index in [0.29, 0.717) is 46.2 Å². The fourth-order valence-electron chi connectivity index (χ4n) is 7.00. The first-order valence-corrected chi connectivity index (χ1v) is 16.8. The highest BCUT2D eigenvalue weighted by Crippen LogP contribution is 2.35. The predicted octanol–water partition coefficient (Wildman–Crippen LogP) is 7.36. The number of benzene rings is 1. The predicted molar refractivity (Wildman–Crippen MR) is 184 cm³/mol. The largest absolute Gasteiger partial charge is 0.492 e. The normalized spacial score (nSPS) is 15.8. The van der Waals surface area contributed by atoms with Crippen LogP contribution < -0.4 is 10.1 Å². The first-order valence-electron chi connectivity index (χ1n) is 16.8. The Bertz CT molecular complexity index is 2090. The molecule has 244 valence electrons. The number of aromatic nitrogens is 6. The van der Waals surface area contributed by atoms with Crippen LogP contribution in [0.3, 0.4) is 0 Å². The van der Waals surface area contributed by atoms with Gasteiger partial charge in [-0.2, -0.15) is 5.10 Å². The zero-order chi connectivity index (χ0) is 32.5. The summed E-state index contributed by atoms with van der Waals surface area (Å²) in [5, 5.41) is 11.6. The molecule has 1 aromatic carbocycles. The van der Waals surface area contributed by atoms with Gasteiger partial charge in [0.1, 0.15) is 29.4 Å². The van der Waals surface area contributed by atoms with Crippen molar-refractivity contribution in [1.29, 1.82) is 0 Å². The van der Waals surface area contributed by atoms with E-state index < -0.39 is 0 Å². The number of halogens is 1. The first kappa shape index (κ1) is 30.2. The minimum atomic E-state index is -0.375. The number of amides is 1. The van der Waals surface area contributed by atoms with Crippen LogP contribution in [0, 0.1) is 11.7 Å². The molecule has 48 heavy (non-hydrogen) atoms. The zero-order valence-electron chi connectivity index (χ0n) is 26.6. The maximum absolute atomic E-state index is 14.8. The SMILES string of the molecule is O=C(Nc1cncc(-c2ccc3[nH]nc(-c4cc5c(-c6cc(F)cc(OCCN7CCCC7)c6)nccc5[nH]4)c3n2)c1)C1CCCCC1. The molecule has 1 aliphatic carbocycles. The highest BCUT2D eigenvalue weighted by atomic mass is 19.1. The van der Waals surface area contributed by atoms with E-state index in [9.17, 15) is 9.18 Å². The van der Waals surface area contributed by atoms with Gasteiger partial charge in [0.25, 0.3) is 0 Å². The van der Waals surface area contributed by atoms with Gasteiger partial charge in [-0.25, -0.2) is 9.37 Å². The minimum Gasteiger partial charge on any atom is -0.492 e. The van der Waals surface area contributed by atoms with Gasteiger partial charge in [0.05, 0.1) is 34.5 Å². The van der Waals surface area contributed by atoms with Gasteiger partial charge in [0, 0.05) is 53.0 Å². The van der Waals surface area contributed by atoms with Crippen molar-refractivity contribution in [3.63, 3.8) is 0 Å². The maximum atomic E-state index is 14.8. The smallest absolute Gasteiger partial charge is 0.227 e. The summed E-state index contributed by atoms with van der Waals surface area (Å²) >= 11 is 0. The Labute approximate surface area is 277 Å². The van der Waals surface area contributed by atoms with E-state index >= 15 is 0 Å². The molecule has 2 fully saturated rings. The summed E-state index contributed by atoms with van der Waals surface area (Å²) in [7, 11) is 0. The summed E-state index contributed by atoms with van der Waals surface area (Å²) in [6.07, 6.45) is 12.8. The van der Waals surface area contributed by atoms with Crippen molar-refractivity contribution >= 4 is 33.5 Å². The number of nitrogens with zero attached hydrogens (tertiary/aromatic N) is 5. The molecule has 0 bridgehead atoms. The Hall–Kier alpha value is -5.16. The zero-order valence-corrected chi connectivity index (χ0v) is 26.6. The van der Waals surface area contributed by atoms with Crippen molar-refractivity contribution < 1.29 is 13.9 Å². The molecule has 2 aliphatic rings. The van der Waals surface area contributed by atoms with E-state index in [0.717, 1.165) is 73.0 Å². The number of aromatic amines is 2. The van der Waals surface area contributed by atoms with Gasteiger partial charge in [-0.05, 0) is 81.2 Å². The summed E-state index contributed by atoms with van der Waals surface area (Å²) in [6.45, 7) is 3.51. The molecule has 0 unspecified atom stereocenters. The second-order valence-electron chi connectivity index (χ2n) is 12.8. The fraction of sp³-hybridized carbons (Fsp3) is 0.324. The van der Waals surface area contributed by atoms with Crippen LogP contribution in [0.25, 0.3) is 55.8 Å². The third-order valence-electron chi connectivity index (χ3n) is 9.51. The topological polar surface area (TPSA) is 125 Å². The molecule has 11 heteroatoms. The lowest BCUT2D eigenvalue weighted by atomic mass is 9.88. The number of hydrogen-bond donors (Lipinski definition) is 3. The number of nitrogens with one attached hydrogen (secondary N) is 3. The highest BCUT2D eigenvalue weighted by molar-refractivity contribution is 5.99. The van der Waals surface area contributed by atoms with Gasteiger partial charge in [-0.3, -0.25) is 24.8 Å². The number of carbonyl (C=O) groups excluding carboxylic acids is 1. The van der Waals surface area contributed by atoms with Gasteiger partial charge in [-0.1, -0.05) is 19.3 Å². The molecular weight excluding hydrogens is 607 g/mol. The van der Waals surface area contributed by atoms with Gasteiger partial charge in [0.2, 0.25) is 5.91 Å². The lowest BCUT2D eigenvalue weighted by Gasteiger charge is -2.20. The monoisotopic (exact) mass is 644 g/mol. The van der Waals surface area contributed by atoms with E-state index in [4.69, 9.17) is 9.72 Å². The van der Waals surface area contributed by atoms with Crippen LogP contribution in [-0.4, -0.2) is 67.2 Å². The summed E-state index contributed by atoms with van der Waals surface area (Å²) in [6, 6.07) is 14.4. The van der Waals surface area contributed by atoms with Gasteiger partial charge in [0.15, 0.2) is 0 Å². The number of hydrogen-bond acceptors (Lipinski definition) is 7. The second kappa shape index (κ2) is 13.2. The second-order valence-corrected chi connectivity index (χ2v) is 12.8. The third kappa shape index (κ3) is 6.25. The average molecular weight is 645 g/mol. The third-order valence-corrected chi connectivity index (χ3v) is 9.51. The number of likely N-dealkylation sites (tertiary alicyclic amines) is 1. The standard InChI is InChI=1S/C37H37FN8O2/c38-26-16-24(18-28(19-26)48-15-14-46-12-4-5-13-46)34-29-20-33(42-31(29)10-11-40-34)36-35-32(44-45-36)9-8-30(43-35)25-17-27(22-39-21-25)41-37(47)23-6-2-1-3-7-23/h8-11,16-23,42H,1-7,12-15H2,(H,41,47)(H,44,45). The van der Waals surface area contributed by atoms with Crippen molar-refractivity contribution in [2.45, 2.75) is 44.9 Å². The van der Waals surface area contributed by atoms with Crippen LogP contribution in [0.1, 0.15) is 44.9 Å². The van der Waals surface area contributed by atoms with Crippen LogP contribution in [0.2, 0.25) is 0 Å². The fourth-order valence-corrected chi connectivity index (χ4v) is 7.00. The molecular formula is C37H37FN8O2. The Kier molecular flexibility index (Phi) is 8.27. The maximum Gasteiger partial charge on any atom is 0.227 e. The minimum absolute atomic E-state index is 0.0540.